The predicted octanol–water partition coefficient (Wildman–Crippen LogP) is 4.10. The van der Waals surface area contributed by atoms with Gasteiger partial charge in [0.05, 0.1) is 11.0 Å². The van der Waals surface area contributed by atoms with Crippen LogP contribution in [-0.4, -0.2) is 16.5 Å². The van der Waals surface area contributed by atoms with Crippen molar-refractivity contribution in [2.45, 2.75) is 46.2 Å². The zero-order chi connectivity index (χ0) is 18.7. The maximum Gasteiger partial charge on any atom is 0.240 e. The van der Waals surface area contributed by atoms with Gasteiger partial charge in [-0.05, 0) is 49.9 Å². The molecule has 0 spiro atoms. The molecule has 0 aliphatic rings. The number of aromatic nitrogens is 1. The summed E-state index contributed by atoms with van der Waals surface area (Å²) in [7, 11) is 0. The Morgan fingerprint density at radius 3 is 2.00 bits per heavy atom. The van der Waals surface area contributed by atoms with Crippen molar-refractivity contribution in [1.82, 2.24) is 9.88 Å². The zero-order valence-corrected chi connectivity index (χ0v) is 15.7. The van der Waals surface area contributed by atoms with Crippen LogP contribution in [0.5, 0.6) is 0 Å². The molecule has 0 aliphatic heterocycles. The van der Waals surface area contributed by atoms with Crippen LogP contribution < -0.4 is 10.7 Å². The first kappa shape index (κ1) is 18.2. The standard InChI is InChI=1S/C22H26N2O2/c1-15(2)12-13-16(3)23-21(25)14-24-19-10-6-4-8-17(19)22(26)18-9-5-7-11-20(18)24/h4-11,15-16H,12-14H2,1-3H3,(H,23,25)/t16-/m0/s1. The van der Waals surface area contributed by atoms with Crippen molar-refractivity contribution in [3.63, 3.8) is 0 Å². The SMILES string of the molecule is CC(C)CC[C@H](C)NC(=O)Cn1c2ccccc2c(=O)c2ccccc21. The molecule has 136 valence electrons. The van der Waals surface area contributed by atoms with E-state index in [1.54, 1.807) is 0 Å². The van der Waals surface area contributed by atoms with Crippen molar-refractivity contribution in [2.24, 2.45) is 5.92 Å². The molecule has 4 heteroatoms. The highest BCUT2D eigenvalue weighted by Gasteiger charge is 2.14. The van der Waals surface area contributed by atoms with Crippen molar-refractivity contribution < 1.29 is 4.79 Å². The van der Waals surface area contributed by atoms with Gasteiger partial charge in [-0.3, -0.25) is 9.59 Å². The van der Waals surface area contributed by atoms with Crippen LogP contribution in [0.15, 0.2) is 53.3 Å². The van der Waals surface area contributed by atoms with Crippen LogP contribution in [0.2, 0.25) is 0 Å². The molecule has 0 bridgehead atoms. The third-order valence-electron chi connectivity index (χ3n) is 4.77. The lowest BCUT2D eigenvalue weighted by atomic mass is 10.0. The highest BCUT2D eigenvalue weighted by atomic mass is 16.2. The monoisotopic (exact) mass is 350 g/mol. The van der Waals surface area contributed by atoms with E-state index in [1.165, 1.54) is 0 Å². The lowest BCUT2D eigenvalue weighted by Gasteiger charge is -2.18. The van der Waals surface area contributed by atoms with Gasteiger partial charge in [0.1, 0.15) is 6.54 Å². The van der Waals surface area contributed by atoms with Crippen LogP contribution in [0, 0.1) is 5.92 Å². The molecule has 1 aromatic heterocycles. The highest BCUT2D eigenvalue weighted by molar-refractivity contribution is 5.94. The highest BCUT2D eigenvalue weighted by Crippen LogP contribution is 2.19. The first-order valence-electron chi connectivity index (χ1n) is 9.27. The molecule has 0 aliphatic carbocycles. The van der Waals surface area contributed by atoms with E-state index < -0.39 is 0 Å². The number of nitrogens with one attached hydrogen (secondary N) is 1. The van der Waals surface area contributed by atoms with Crippen LogP contribution in [-0.2, 0) is 11.3 Å². The Labute approximate surface area is 153 Å². The summed E-state index contributed by atoms with van der Waals surface area (Å²) in [5.41, 5.74) is 1.60. The Kier molecular flexibility index (Phi) is 5.40. The quantitative estimate of drug-likeness (QED) is 0.681. The van der Waals surface area contributed by atoms with E-state index in [0.29, 0.717) is 16.7 Å². The first-order valence-corrected chi connectivity index (χ1v) is 9.27. The van der Waals surface area contributed by atoms with E-state index in [9.17, 15) is 9.59 Å². The number of pyridine rings is 1. The molecule has 0 unspecified atom stereocenters. The number of rotatable bonds is 6. The van der Waals surface area contributed by atoms with Crippen LogP contribution >= 0.6 is 0 Å². The van der Waals surface area contributed by atoms with Gasteiger partial charge in [-0.15, -0.1) is 0 Å². The number of benzene rings is 2. The van der Waals surface area contributed by atoms with Crippen LogP contribution in [0.1, 0.15) is 33.6 Å². The second-order valence-corrected chi connectivity index (χ2v) is 7.39. The summed E-state index contributed by atoms with van der Waals surface area (Å²) in [5, 5.41) is 4.38. The van der Waals surface area contributed by atoms with E-state index in [0.717, 1.165) is 23.9 Å². The fourth-order valence-electron chi connectivity index (χ4n) is 3.37. The van der Waals surface area contributed by atoms with Crippen molar-refractivity contribution >= 4 is 27.7 Å². The minimum absolute atomic E-state index is 0.0122. The third kappa shape index (κ3) is 3.79. The number of amides is 1. The van der Waals surface area contributed by atoms with Gasteiger partial charge in [0.15, 0.2) is 5.43 Å². The molecule has 1 N–H and O–H groups in total. The molecule has 0 radical (unpaired) electrons. The Bertz CT molecular complexity index is 928. The molecular formula is C22H26N2O2. The normalized spacial score (nSPS) is 12.6. The van der Waals surface area contributed by atoms with E-state index in [1.807, 2.05) is 60.0 Å². The number of para-hydroxylation sites is 2. The van der Waals surface area contributed by atoms with Crippen molar-refractivity contribution in [3.05, 3.63) is 58.8 Å². The van der Waals surface area contributed by atoms with Gasteiger partial charge >= 0.3 is 0 Å². The maximum atomic E-state index is 12.7. The third-order valence-corrected chi connectivity index (χ3v) is 4.77. The average Bonchev–Trinajstić information content (AvgIpc) is 2.63. The molecule has 0 saturated carbocycles. The van der Waals surface area contributed by atoms with Crippen molar-refractivity contribution in [2.75, 3.05) is 0 Å². The Morgan fingerprint density at radius 2 is 1.46 bits per heavy atom. The largest absolute Gasteiger partial charge is 0.352 e. The summed E-state index contributed by atoms with van der Waals surface area (Å²) in [4.78, 5) is 25.4. The molecular weight excluding hydrogens is 324 g/mol. The van der Waals surface area contributed by atoms with E-state index in [-0.39, 0.29) is 23.9 Å². The summed E-state index contributed by atoms with van der Waals surface area (Å²) >= 11 is 0. The van der Waals surface area contributed by atoms with Gasteiger partial charge in [-0.25, -0.2) is 0 Å². The van der Waals surface area contributed by atoms with Crippen molar-refractivity contribution in [1.29, 1.82) is 0 Å². The number of carbonyl (C=O) groups is 1. The van der Waals surface area contributed by atoms with Crippen LogP contribution in [0.25, 0.3) is 21.8 Å². The lowest BCUT2D eigenvalue weighted by Crippen LogP contribution is -2.35. The fourth-order valence-corrected chi connectivity index (χ4v) is 3.37. The Hall–Kier alpha value is -2.62. The molecule has 1 amide bonds. The molecule has 3 rings (SSSR count). The molecule has 1 heterocycles. The van der Waals surface area contributed by atoms with E-state index in [2.05, 4.69) is 19.2 Å². The molecule has 0 saturated heterocycles. The maximum absolute atomic E-state index is 12.7. The minimum atomic E-state index is -0.0276. The number of hydrogen-bond donors (Lipinski definition) is 1. The number of hydrogen-bond acceptors (Lipinski definition) is 2. The number of nitrogens with zero attached hydrogens (tertiary/aromatic N) is 1. The Morgan fingerprint density at radius 1 is 0.923 bits per heavy atom. The minimum Gasteiger partial charge on any atom is -0.352 e. The molecule has 0 fully saturated rings. The van der Waals surface area contributed by atoms with Crippen molar-refractivity contribution in [3.8, 4) is 0 Å². The van der Waals surface area contributed by atoms with Gasteiger partial charge in [0, 0.05) is 16.8 Å². The van der Waals surface area contributed by atoms with Gasteiger partial charge in [0.25, 0.3) is 0 Å². The summed E-state index contributed by atoms with van der Waals surface area (Å²) in [6.45, 7) is 6.62. The van der Waals surface area contributed by atoms with Gasteiger partial charge in [-0.1, -0.05) is 38.1 Å². The van der Waals surface area contributed by atoms with Gasteiger partial charge < -0.3 is 9.88 Å². The lowest BCUT2D eigenvalue weighted by molar-refractivity contribution is -0.122. The van der Waals surface area contributed by atoms with Crippen LogP contribution in [0.3, 0.4) is 0 Å². The van der Waals surface area contributed by atoms with Gasteiger partial charge in [0.2, 0.25) is 5.91 Å². The summed E-state index contributed by atoms with van der Waals surface area (Å²) in [5.74, 6) is 0.599. The average molecular weight is 350 g/mol. The molecule has 4 nitrogen and oxygen atoms in total. The first-order chi connectivity index (χ1) is 12.5. The Balaban J connectivity index is 1.95. The molecule has 3 aromatic rings. The summed E-state index contributed by atoms with van der Waals surface area (Å²) < 4.78 is 1.94. The second-order valence-electron chi connectivity index (χ2n) is 7.39. The predicted molar refractivity (Wildman–Crippen MR) is 107 cm³/mol. The summed E-state index contributed by atoms with van der Waals surface area (Å²) in [6.07, 6.45) is 2.06. The van der Waals surface area contributed by atoms with E-state index in [4.69, 9.17) is 0 Å². The molecule has 2 aromatic carbocycles. The second kappa shape index (κ2) is 7.73. The van der Waals surface area contributed by atoms with E-state index >= 15 is 0 Å². The van der Waals surface area contributed by atoms with Gasteiger partial charge in [-0.2, -0.15) is 0 Å². The molecule has 26 heavy (non-hydrogen) atoms. The zero-order valence-electron chi connectivity index (χ0n) is 15.7. The fraction of sp³-hybridized carbons (Fsp3) is 0.364. The summed E-state index contributed by atoms with van der Waals surface area (Å²) in [6, 6.07) is 15.1. The topological polar surface area (TPSA) is 51.1 Å². The number of fused-ring (bicyclic) bond motifs is 2. The number of carbonyl (C=O) groups excluding carboxylic acids is 1. The smallest absolute Gasteiger partial charge is 0.240 e. The van der Waals surface area contributed by atoms with Crippen LogP contribution in [0.4, 0.5) is 0 Å². The molecule has 1 atom stereocenters.